The molecule has 2 aliphatic heterocycles. The minimum absolute atomic E-state index is 0.0915. The molecule has 3 unspecified atom stereocenters. The van der Waals surface area contributed by atoms with E-state index in [-0.39, 0.29) is 17.9 Å². The van der Waals surface area contributed by atoms with Crippen LogP contribution in [-0.4, -0.2) is 25.0 Å². The minimum atomic E-state index is -1.04. The van der Waals surface area contributed by atoms with Crippen molar-refractivity contribution in [2.24, 2.45) is 11.8 Å². The number of methoxy groups -OCH3 is 1. The van der Waals surface area contributed by atoms with Crippen molar-refractivity contribution in [3.8, 4) is 5.75 Å². The van der Waals surface area contributed by atoms with Crippen molar-refractivity contribution in [1.82, 2.24) is 5.32 Å². The second-order valence-electron chi connectivity index (χ2n) is 8.79. The van der Waals surface area contributed by atoms with E-state index in [1.54, 1.807) is 19.2 Å². The van der Waals surface area contributed by atoms with Gasteiger partial charge in [-0.25, -0.2) is 0 Å². The van der Waals surface area contributed by atoms with Gasteiger partial charge >= 0.3 is 0 Å². The zero-order valence-electron chi connectivity index (χ0n) is 17.9. The highest BCUT2D eigenvalue weighted by molar-refractivity contribution is 6.10. The normalized spacial score (nSPS) is 24.8. The molecule has 2 aromatic rings. The highest BCUT2D eigenvalue weighted by Gasteiger charge is 2.60. The number of aryl methyl sites for hydroxylation is 1. The summed E-state index contributed by atoms with van der Waals surface area (Å²) in [6.07, 6.45) is 1.52. The summed E-state index contributed by atoms with van der Waals surface area (Å²) in [5, 5.41) is 9.58. The van der Waals surface area contributed by atoms with Crippen molar-refractivity contribution in [2.75, 3.05) is 17.7 Å². The summed E-state index contributed by atoms with van der Waals surface area (Å²) in [6, 6.07) is 13.2. The first-order chi connectivity index (χ1) is 14.3. The van der Waals surface area contributed by atoms with Gasteiger partial charge in [0.05, 0.1) is 13.0 Å². The SMILES string of the molecule is COc1ccc(NC(=O)C2CC(CC(C)C)NC23C(=O)Nc2ccc(C)cc23)cc1. The minimum Gasteiger partial charge on any atom is -0.497 e. The third-order valence-corrected chi connectivity index (χ3v) is 6.11. The predicted octanol–water partition coefficient (Wildman–Crippen LogP) is 3.81. The van der Waals surface area contributed by atoms with E-state index in [1.807, 2.05) is 37.3 Å². The first kappa shape index (κ1) is 20.4. The van der Waals surface area contributed by atoms with Crippen molar-refractivity contribution in [3.05, 3.63) is 53.6 Å². The lowest BCUT2D eigenvalue weighted by Gasteiger charge is -2.29. The lowest BCUT2D eigenvalue weighted by atomic mass is 9.79. The fourth-order valence-electron chi connectivity index (χ4n) is 4.80. The van der Waals surface area contributed by atoms with Gasteiger partial charge < -0.3 is 15.4 Å². The molecule has 0 saturated carbocycles. The average Bonchev–Trinajstić information content (AvgIpc) is 3.21. The van der Waals surface area contributed by atoms with Crippen LogP contribution in [0, 0.1) is 18.8 Å². The number of carbonyl (C=O) groups is 2. The maximum atomic E-state index is 13.4. The first-order valence-corrected chi connectivity index (χ1v) is 10.5. The standard InChI is InChI=1S/C24H29N3O3/c1-14(2)11-17-13-20(22(28)25-16-6-8-18(30-4)9-7-16)24(27-17)19-12-15(3)5-10-21(19)26-23(24)29/h5-10,12,14,17,20,27H,11,13H2,1-4H3,(H,25,28)(H,26,29). The smallest absolute Gasteiger partial charge is 0.250 e. The third-order valence-electron chi connectivity index (χ3n) is 6.11. The number of nitrogens with one attached hydrogen (secondary N) is 3. The molecule has 1 spiro atoms. The van der Waals surface area contributed by atoms with Crippen molar-refractivity contribution in [1.29, 1.82) is 0 Å². The van der Waals surface area contributed by atoms with E-state index in [2.05, 4.69) is 29.8 Å². The highest BCUT2D eigenvalue weighted by Crippen LogP contribution is 2.48. The molecule has 2 heterocycles. The van der Waals surface area contributed by atoms with Gasteiger partial charge in [0.15, 0.2) is 0 Å². The molecular formula is C24H29N3O3. The van der Waals surface area contributed by atoms with Crippen LogP contribution in [0.3, 0.4) is 0 Å². The Labute approximate surface area is 177 Å². The maximum absolute atomic E-state index is 13.4. The number of hydrogen-bond donors (Lipinski definition) is 3. The molecule has 6 heteroatoms. The molecule has 4 rings (SSSR count). The fraction of sp³-hybridized carbons (Fsp3) is 0.417. The molecule has 3 N–H and O–H groups in total. The van der Waals surface area contributed by atoms with Crippen molar-refractivity contribution >= 4 is 23.2 Å². The number of ether oxygens (including phenoxy) is 1. The van der Waals surface area contributed by atoms with Crippen molar-refractivity contribution < 1.29 is 14.3 Å². The van der Waals surface area contributed by atoms with E-state index in [0.29, 0.717) is 18.0 Å². The molecule has 2 aliphatic rings. The van der Waals surface area contributed by atoms with Crippen molar-refractivity contribution in [2.45, 2.75) is 45.2 Å². The summed E-state index contributed by atoms with van der Waals surface area (Å²) in [5.41, 5.74) is 2.36. The lowest BCUT2D eigenvalue weighted by Crippen LogP contribution is -2.52. The molecule has 30 heavy (non-hydrogen) atoms. The fourth-order valence-corrected chi connectivity index (χ4v) is 4.80. The van der Waals surface area contributed by atoms with Gasteiger partial charge in [0.1, 0.15) is 11.3 Å². The van der Waals surface area contributed by atoms with E-state index in [9.17, 15) is 9.59 Å². The Morgan fingerprint density at radius 3 is 2.63 bits per heavy atom. The van der Waals surface area contributed by atoms with Gasteiger partial charge in [-0.1, -0.05) is 31.5 Å². The summed E-state index contributed by atoms with van der Waals surface area (Å²) >= 11 is 0. The number of carbonyl (C=O) groups excluding carboxylic acids is 2. The molecule has 2 amide bonds. The number of fused-ring (bicyclic) bond motifs is 2. The van der Waals surface area contributed by atoms with Gasteiger partial charge in [0.25, 0.3) is 0 Å². The monoisotopic (exact) mass is 407 g/mol. The van der Waals surface area contributed by atoms with Gasteiger partial charge in [-0.05, 0) is 56.0 Å². The molecule has 6 nitrogen and oxygen atoms in total. The molecule has 0 bridgehead atoms. The summed E-state index contributed by atoms with van der Waals surface area (Å²) in [5.74, 6) is 0.382. The summed E-state index contributed by atoms with van der Waals surface area (Å²) in [4.78, 5) is 26.7. The van der Waals surface area contributed by atoms with Crippen LogP contribution in [0.4, 0.5) is 11.4 Å². The summed E-state index contributed by atoms with van der Waals surface area (Å²) in [7, 11) is 1.61. The van der Waals surface area contributed by atoms with Gasteiger partial charge in [0, 0.05) is 23.0 Å². The summed E-state index contributed by atoms with van der Waals surface area (Å²) < 4.78 is 5.19. The Balaban J connectivity index is 1.69. The van der Waals surface area contributed by atoms with Gasteiger partial charge in [-0.3, -0.25) is 14.9 Å². The van der Waals surface area contributed by atoms with E-state index in [1.165, 1.54) is 0 Å². The molecule has 158 valence electrons. The Morgan fingerprint density at radius 2 is 1.97 bits per heavy atom. The van der Waals surface area contributed by atoms with Crippen LogP contribution in [-0.2, 0) is 15.1 Å². The van der Waals surface area contributed by atoms with Crippen molar-refractivity contribution in [3.63, 3.8) is 0 Å². The molecule has 0 aliphatic carbocycles. The van der Waals surface area contributed by atoms with Crippen LogP contribution in [0.2, 0.25) is 0 Å². The quantitative estimate of drug-likeness (QED) is 0.704. The van der Waals surface area contributed by atoms with Gasteiger partial charge in [-0.15, -0.1) is 0 Å². The summed E-state index contributed by atoms with van der Waals surface area (Å²) in [6.45, 7) is 6.32. The first-order valence-electron chi connectivity index (χ1n) is 10.5. The molecule has 3 atom stereocenters. The Hall–Kier alpha value is -2.86. The van der Waals surface area contributed by atoms with Gasteiger partial charge in [-0.2, -0.15) is 0 Å². The number of amides is 2. The largest absolute Gasteiger partial charge is 0.497 e. The molecular weight excluding hydrogens is 378 g/mol. The molecule has 0 aromatic heterocycles. The highest BCUT2D eigenvalue weighted by atomic mass is 16.5. The third kappa shape index (κ3) is 3.45. The second-order valence-corrected chi connectivity index (χ2v) is 8.79. The van der Waals surface area contributed by atoms with E-state index >= 15 is 0 Å². The Kier molecular flexibility index (Phi) is 5.28. The number of hydrogen-bond acceptors (Lipinski definition) is 4. The van der Waals surface area contributed by atoms with E-state index in [4.69, 9.17) is 4.74 Å². The van der Waals surface area contributed by atoms with E-state index in [0.717, 1.165) is 29.0 Å². The number of benzene rings is 2. The number of anilines is 2. The topological polar surface area (TPSA) is 79.5 Å². The van der Waals surface area contributed by atoms with Crippen LogP contribution in [0.1, 0.15) is 37.8 Å². The van der Waals surface area contributed by atoms with Gasteiger partial charge in [0.2, 0.25) is 11.8 Å². The zero-order chi connectivity index (χ0) is 21.5. The zero-order valence-corrected chi connectivity index (χ0v) is 17.9. The predicted molar refractivity (Wildman–Crippen MR) is 118 cm³/mol. The second kappa shape index (κ2) is 7.76. The Morgan fingerprint density at radius 1 is 1.23 bits per heavy atom. The van der Waals surface area contributed by atoms with Crippen LogP contribution < -0.4 is 20.7 Å². The van der Waals surface area contributed by atoms with Crippen LogP contribution >= 0.6 is 0 Å². The lowest BCUT2D eigenvalue weighted by molar-refractivity contribution is -0.130. The molecule has 0 radical (unpaired) electrons. The molecule has 1 saturated heterocycles. The van der Waals surface area contributed by atoms with E-state index < -0.39 is 11.5 Å². The van der Waals surface area contributed by atoms with Crippen LogP contribution in [0.15, 0.2) is 42.5 Å². The average molecular weight is 408 g/mol. The Bertz CT molecular complexity index is 970. The molecule has 2 aromatic carbocycles. The molecule has 1 fully saturated rings. The number of rotatable bonds is 5. The van der Waals surface area contributed by atoms with Crippen LogP contribution in [0.25, 0.3) is 0 Å². The maximum Gasteiger partial charge on any atom is 0.250 e. The van der Waals surface area contributed by atoms with Crippen LogP contribution in [0.5, 0.6) is 5.75 Å².